The summed E-state index contributed by atoms with van der Waals surface area (Å²) in [5.41, 5.74) is 22.1. The van der Waals surface area contributed by atoms with Crippen molar-refractivity contribution in [3.05, 3.63) is 201 Å². The Balaban J connectivity index is 0.000000183. The van der Waals surface area contributed by atoms with Crippen LogP contribution in [0.15, 0.2) is 156 Å². The second-order valence-corrected chi connectivity index (χ2v) is 19.9. The van der Waals surface area contributed by atoms with Crippen LogP contribution < -0.4 is 32.1 Å². The van der Waals surface area contributed by atoms with Gasteiger partial charge in [0.2, 0.25) is 11.8 Å². The molecule has 0 spiro atoms. The molecule has 86 heavy (non-hydrogen) atoms. The van der Waals surface area contributed by atoms with Crippen molar-refractivity contribution >= 4 is 65.7 Å². The van der Waals surface area contributed by atoms with Gasteiger partial charge in [-0.2, -0.15) is 36.6 Å². The molecule has 0 aliphatic heterocycles. The van der Waals surface area contributed by atoms with E-state index in [1.165, 1.54) is 46.0 Å². The molecule has 10 aromatic heterocycles. The summed E-state index contributed by atoms with van der Waals surface area (Å²) < 4.78 is 90.7. The molecule has 0 saturated heterocycles. The normalized spacial score (nSPS) is 11.6. The fraction of sp³-hybridized carbons (Fsp3) is 0.138. The Labute approximate surface area is 489 Å². The van der Waals surface area contributed by atoms with E-state index in [1.54, 1.807) is 48.1 Å². The molecular weight excluding hydrogens is 1150 g/mol. The van der Waals surface area contributed by atoms with Crippen molar-refractivity contribution in [3.63, 3.8) is 0 Å². The molecule has 0 aliphatic rings. The van der Waals surface area contributed by atoms with Crippen molar-refractivity contribution in [3.8, 4) is 56.5 Å². The van der Waals surface area contributed by atoms with E-state index in [9.17, 15) is 18.4 Å². The van der Waals surface area contributed by atoms with Gasteiger partial charge in [-0.3, -0.25) is 18.4 Å². The smallest absolute Gasteiger partial charge is 0.308 e. The van der Waals surface area contributed by atoms with Crippen LogP contribution in [0.25, 0.3) is 77.9 Å². The summed E-state index contributed by atoms with van der Waals surface area (Å²) in [5.74, 6) is 0.588. The summed E-state index contributed by atoms with van der Waals surface area (Å²) in [6.07, 6.45) is 8.52. The number of aromatic nitrogens is 12. The number of nitrogen functional groups attached to an aromatic ring is 2. The largest absolute Gasteiger partial charge is 0.481 e. The summed E-state index contributed by atoms with van der Waals surface area (Å²) in [5, 5.41) is 11.0. The van der Waals surface area contributed by atoms with E-state index in [0.717, 1.165) is 22.3 Å². The lowest BCUT2D eigenvalue weighted by Crippen LogP contribution is -2.21. The number of halogens is 2. The van der Waals surface area contributed by atoms with Gasteiger partial charge in [0.05, 0.1) is 48.2 Å². The van der Waals surface area contributed by atoms with Crippen LogP contribution in [-0.2, 0) is 21.0 Å². The number of hydrogen-bond acceptors (Lipinski definition) is 20. The fourth-order valence-electron chi connectivity index (χ4n) is 9.97. The molecule has 28 heteroatoms. The summed E-state index contributed by atoms with van der Waals surface area (Å²) >= 11 is 0. The van der Waals surface area contributed by atoms with E-state index >= 15 is 0 Å². The number of nitrogens with two attached hydrogens (primary N) is 2. The Hall–Kier alpha value is -11.0. The van der Waals surface area contributed by atoms with Gasteiger partial charge >= 0.3 is 21.0 Å². The van der Waals surface area contributed by atoms with Gasteiger partial charge in [0.25, 0.3) is 11.1 Å². The lowest BCUT2D eigenvalue weighted by Gasteiger charge is -2.19. The molecule has 0 aliphatic carbocycles. The number of pyridine rings is 6. The molecule has 6 N–H and O–H groups in total. The number of methoxy groups -OCH3 is 2. The Morgan fingerprint density at radius 3 is 1.22 bits per heavy atom. The van der Waals surface area contributed by atoms with Gasteiger partial charge in [-0.1, -0.05) is 60.7 Å². The highest BCUT2D eigenvalue weighted by atomic mass is 32.2. The first kappa shape index (κ1) is 59.6. The molecule has 0 saturated carbocycles. The first-order valence-corrected chi connectivity index (χ1v) is 27.8. The van der Waals surface area contributed by atoms with Crippen LogP contribution in [0, 0.1) is 35.0 Å². The number of nitrogens with zero attached hydrogens (tertiary/aromatic N) is 12. The number of fused-ring (bicyclic) bond motifs is 4. The first-order chi connectivity index (χ1) is 41.2. The van der Waals surface area contributed by atoms with Crippen LogP contribution in [0.2, 0.25) is 0 Å². The molecule has 0 fully saturated rings. The van der Waals surface area contributed by atoms with Gasteiger partial charge in [-0.05, 0) is 98.5 Å². The highest BCUT2D eigenvalue weighted by Crippen LogP contribution is 2.38. The SMILES string of the molecule is COc1ncc(-c2nn([C@@H](C)c3cc4ccc(F)cn4c(=O)c3-c3ccccc3)c3ncnc(N)c23)cc1C.COc1ncc(-c2nn([C@H](C)c3cc4ccc(F)cn4c(=O)c3-c3ccccc3)c3ncnc(N)c23)cc1C.N=S(=O)=O.N=S(=O)=O. The Bertz CT molecular complexity index is 4640. The number of aryl methyl sites for hydroxylation is 2. The van der Waals surface area contributed by atoms with Crippen molar-refractivity contribution in [2.24, 2.45) is 0 Å². The van der Waals surface area contributed by atoms with Crippen molar-refractivity contribution in [2.75, 3.05) is 25.7 Å². The zero-order valence-corrected chi connectivity index (χ0v) is 48.0. The van der Waals surface area contributed by atoms with E-state index in [-0.39, 0.29) is 22.8 Å². The predicted octanol–water partition coefficient (Wildman–Crippen LogP) is 8.89. The molecular formula is C58H50F2N16O8S2. The monoisotopic (exact) mass is 1200 g/mol. The third-order valence-corrected chi connectivity index (χ3v) is 13.7. The number of ether oxygens (including phenoxy) is 2. The fourth-order valence-corrected chi connectivity index (χ4v) is 9.97. The van der Waals surface area contributed by atoms with Crippen LogP contribution in [-0.4, -0.2) is 89.3 Å². The molecule has 0 unspecified atom stereocenters. The van der Waals surface area contributed by atoms with Gasteiger partial charge < -0.3 is 20.9 Å². The van der Waals surface area contributed by atoms with Crippen LogP contribution in [0.5, 0.6) is 11.8 Å². The second kappa shape index (κ2) is 25.2. The first-order valence-electron chi connectivity index (χ1n) is 25.6. The van der Waals surface area contributed by atoms with Gasteiger partial charge in [-0.15, -0.1) is 0 Å². The molecule has 2 aromatic carbocycles. The van der Waals surface area contributed by atoms with Crippen LogP contribution in [0.4, 0.5) is 20.4 Å². The minimum atomic E-state index is -2.61. The summed E-state index contributed by atoms with van der Waals surface area (Å²) in [6, 6.07) is 31.1. The lowest BCUT2D eigenvalue weighted by molar-refractivity contribution is 0.394. The van der Waals surface area contributed by atoms with E-state index in [2.05, 4.69) is 29.9 Å². The highest BCUT2D eigenvalue weighted by Gasteiger charge is 2.28. The molecule has 436 valence electrons. The third-order valence-electron chi connectivity index (χ3n) is 13.7. The van der Waals surface area contributed by atoms with Crippen molar-refractivity contribution < 1.29 is 35.1 Å². The number of benzene rings is 2. The van der Waals surface area contributed by atoms with E-state index in [1.807, 2.05) is 113 Å². The van der Waals surface area contributed by atoms with Crippen LogP contribution in [0.1, 0.15) is 48.2 Å². The second-order valence-electron chi connectivity index (χ2n) is 19.0. The predicted molar refractivity (Wildman–Crippen MR) is 318 cm³/mol. The number of nitrogens with one attached hydrogen (secondary N) is 2. The zero-order valence-electron chi connectivity index (χ0n) is 46.4. The van der Waals surface area contributed by atoms with Gasteiger partial charge in [0.15, 0.2) is 11.3 Å². The maximum absolute atomic E-state index is 14.1. The summed E-state index contributed by atoms with van der Waals surface area (Å²) in [7, 11) is -2.09. The van der Waals surface area contributed by atoms with Crippen molar-refractivity contribution in [1.82, 2.24) is 58.3 Å². The molecule has 0 amide bonds. The average molecular weight is 1200 g/mol. The topological polar surface area (TPSA) is 342 Å². The minimum Gasteiger partial charge on any atom is -0.481 e. The van der Waals surface area contributed by atoms with Crippen molar-refractivity contribution in [2.45, 2.75) is 39.8 Å². The maximum Gasteiger partial charge on any atom is 0.308 e. The quantitative estimate of drug-likeness (QED) is 0.0992. The number of rotatable bonds is 10. The number of hydrogen-bond donors (Lipinski definition) is 4. The molecule has 10 heterocycles. The average Bonchev–Trinajstić information content (AvgIpc) is 4.21. The Morgan fingerprint density at radius 2 is 0.884 bits per heavy atom. The van der Waals surface area contributed by atoms with Crippen LogP contribution >= 0.6 is 0 Å². The lowest BCUT2D eigenvalue weighted by atomic mass is 9.96. The van der Waals surface area contributed by atoms with Crippen molar-refractivity contribution in [1.29, 1.82) is 9.56 Å². The molecule has 0 radical (unpaired) electrons. The maximum atomic E-state index is 14.1. The van der Waals surface area contributed by atoms with E-state index in [0.29, 0.717) is 89.6 Å². The molecule has 24 nitrogen and oxygen atoms in total. The van der Waals surface area contributed by atoms with E-state index < -0.39 is 44.7 Å². The molecule has 12 rings (SSSR count). The summed E-state index contributed by atoms with van der Waals surface area (Å²) in [6.45, 7) is 7.67. The van der Waals surface area contributed by atoms with Crippen LogP contribution in [0.3, 0.4) is 0 Å². The molecule has 0 bridgehead atoms. The highest BCUT2D eigenvalue weighted by molar-refractivity contribution is 7.60. The Kier molecular flexibility index (Phi) is 17.5. The standard InChI is InChI=1S/2C29H24FN7O2.2HNO2S/c2*1-16-11-19(13-32-28(16)39-3)25-24-26(31)33-15-34-27(24)37(35-25)17(2)22-12-21-10-9-20(30)14-36(21)29(38)23(22)18-7-5-4-6-8-18;2*1-4(2)3/h2*4-15,17H,1-3H3,(H2,31,33,34);2*1H/t2*17-;;/m10../s1. The molecule has 12 aromatic rings. The van der Waals surface area contributed by atoms with E-state index in [4.69, 9.17) is 57.5 Å². The van der Waals surface area contributed by atoms with Gasteiger partial charge in [0.1, 0.15) is 47.3 Å². The Morgan fingerprint density at radius 1 is 0.523 bits per heavy atom. The van der Waals surface area contributed by atoms with Gasteiger partial charge in [-0.25, -0.2) is 48.0 Å². The van der Waals surface area contributed by atoms with Gasteiger partial charge in [0, 0.05) is 58.1 Å². The number of anilines is 2. The minimum absolute atomic E-state index is 0.277. The molecule has 2 atom stereocenters. The zero-order chi connectivity index (χ0) is 61.7. The summed E-state index contributed by atoms with van der Waals surface area (Å²) in [4.78, 5) is 53.8. The third kappa shape index (κ3) is 12.1.